The standard InChI is InChI=1S/C15H15BrN2O3S2/c1-10(19)17-14-9-11(7-8-15(14)22-2)23(20,21)18-13-6-4-3-5-12(13)16/h3-9,18H,1-2H3,(H,17,19). The summed E-state index contributed by atoms with van der Waals surface area (Å²) in [5, 5.41) is 2.65. The molecule has 0 aromatic heterocycles. The van der Waals surface area contributed by atoms with E-state index in [-0.39, 0.29) is 10.8 Å². The van der Waals surface area contributed by atoms with Crippen molar-refractivity contribution in [3.8, 4) is 0 Å². The topological polar surface area (TPSA) is 75.3 Å². The Bertz CT molecular complexity index is 838. The highest BCUT2D eigenvalue weighted by molar-refractivity contribution is 9.10. The van der Waals surface area contributed by atoms with Crippen LogP contribution < -0.4 is 10.0 Å². The average molecular weight is 415 g/mol. The van der Waals surface area contributed by atoms with Crippen molar-refractivity contribution in [3.05, 3.63) is 46.9 Å². The van der Waals surface area contributed by atoms with E-state index in [9.17, 15) is 13.2 Å². The lowest BCUT2D eigenvalue weighted by Gasteiger charge is -2.13. The lowest BCUT2D eigenvalue weighted by atomic mass is 10.3. The summed E-state index contributed by atoms with van der Waals surface area (Å²) in [6.45, 7) is 1.38. The molecule has 0 heterocycles. The normalized spacial score (nSPS) is 11.1. The van der Waals surface area contributed by atoms with Gasteiger partial charge in [0.05, 0.1) is 16.3 Å². The number of carbonyl (C=O) groups excluding carboxylic acids is 1. The van der Waals surface area contributed by atoms with Crippen molar-refractivity contribution in [1.29, 1.82) is 0 Å². The molecule has 2 rings (SSSR count). The molecule has 0 fully saturated rings. The monoisotopic (exact) mass is 414 g/mol. The summed E-state index contributed by atoms with van der Waals surface area (Å²) >= 11 is 4.73. The first-order valence-corrected chi connectivity index (χ1v) is 10.1. The van der Waals surface area contributed by atoms with Crippen LogP contribution in [0.2, 0.25) is 0 Å². The molecule has 2 N–H and O–H groups in total. The minimum Gasteiger partial charge on any atom is -0.325 e. The van der Waals surface area contributed by atoms with Crippen molar-refractivity contribution in [1.82, 2.24) is 0 Å². The molecule has 23 heavy (non-hydrogen) atoms. The molecule has 0 aliphatic rings. The fourth-order valence-corrected chi connectivity index (χ4v) is 4.04. The number of amides is 1. The number of nitrogens with one attached hydrogen (secondary N) is 2. The smallest absolute Gasteiger partial charge is 0.262 e. The van der Waals surface area contributed by atoms with Gasteiger partial charge in [0, 0.05) is 16.3 Å². The summed E-state index contributed by atoms with van der Waals surface area (Å²) in [6, 6.07) is 11.6. The van der Waals surface area contributed by atoms with Gasteiger partial charge in [-0.2, -0.15) is 0 Å². The van der Waals surface area contributed by atoms with Crippen LogP contribution in [-0.4, -0.2) is 20.6 Å². The van der Waals surface area contributed by atoms with Gasteiger partial charge in [-0.1, -0.05) is 12.1 Å². The Morgan fingerprint density at radius 3 is 2.43 bits per heavy atom. The average Bonchev–Trinajstić information content (AvgIpc) is 2.49. The van der Waals surface area contributed by atoms with Gasteiger partial charge in [-0.25, -0.2) is 8.42 Å². The molecular formula is C15H15BrN2O3S2. The second-order valence-corrected chi connectivity index (χ2v) is 8.01. The summed E-state index contributed by atoms with van der Waals surface area (Å²) in [7, 11) is -3.76. The third kappa shape index (κ3) is 4.49. The molecule has 8 heteroatoms. The quantitative estimate of drug-likeness (QED) is 0.726. The maximum atomic E-state index is 12.5. The predicted octanol–water partition coefficient (Wildman–Crippen LogP) is 3.93. The molecule has 0 aliphatic carbocycles. The van der Waals surface area contributed by atoms with Gasteiger partial charge >= 0.3 is 0 Å². The van der Waals surface area contributed by atoms with E-state index in [0.717, 1.165) is 4.90 Å². The lowest BCUT2D eigenvalue weighted by Crippen LogP contribution is -2.14. The molecule has 0 saturated carbocycles. The minimum atomic E-state index is -3.76. The molecule has 0 atom stereocenters. The van der Waals surface area contributed by atoms with Crippen molar-refractivity contribution in [2.24, 2.45) is 0 Å². The van der Waals surface area contributed by atoms with E-state index in [2.05, 4.69) is 26.0 Å². The van der Waals surface area contributed by atoms with Crippen LogP contribution in [0.25, 0.3) is 0 Å². The maximum absolute atomic E-state index is 12.5. The van der Waals surface area contributed by atoms with Crippen LogP contribution in [0.1, 0.15) is 6.92 Å². The lowest BCUT2D eigenvalue weighted by molar-refractivity contribution is -0.114. The molecule has 0 unspecified atom stereocenters. The number of hydrogen-bond acceptors (Lipinski definition) is 4. The third-order valence-electron chi connectivity index (χ3n) is 2.91. The number of carbonyl (C=O) groups is 1. The summed E-state index contributed by atoms with van der Waals surface area (Å²) in [6.07, 6.45) is 1.86. The number of thioether (sulfide) groups is 1. The van der Waals surface area contributed by atoms with Gasteiger partial charge < -0.3 is 5.32 Å². The summed E-state index contributed by atoms with van der Waals surface area (Å²) < 4.78 is 28.3. The number of rotatable bonds is 5. The first kappa shape index (κ1) is 17.8. The van der Waals surface area contributed by atoms with E-state index >= 15 is 0 Å². The zero-order valence-corrected chi connectivity index (χ0v) is 15.7. The van der Waals surface area contributed by atoms with Gasteiger partial charge in [-0.15, -0.1) is 11.8 Å². The molecule has 0 aliphatic heterocycles. The molecular weight excluding hydrogens is 400 g/mol. The number of benzene rings is 2. The Hall–Kier alpha value is -1.51. The Morgan fingerprint density at radius 2 is 1.83 bits per heavy atom. The number of sulfonamides is 1. The van der Waals surface area contributed by atoms with Crippen molar-refractivity contribution >= 4 is 55.0 Å². The highest BCUT2D eigenvalue weighted by Gasteiger charge is 2.17. The van der Waals surface area contributed by atoms with Crippen LogP contribution in [0.3, 0.4) is 0 Å². The van der Waals surface area contributed by atoms with Crippen LogP contribution in [-0.2, 0) is 14.8 Å². The number of anilines is 2. The first-order valence-electron chi connectivity index (χ1n) is 6.56. The Morgan fingerprint density at radius 1 is 1.13 bits per heavy atom. The summed E-state index contributed by atoms with van der Waals surface area (Å²) in [5.74, 6) is -0.256. The van der Waals surface area contributed by atoms with E-state index < -0.39 is 10.0 Å². The summed E-state index contributed by atoms with van der Waals surface area (Å²) in [5.41, 5.74) is 0.919. The second-order valence-electron chi connectivity index (χ2n) is 4.63. The molecule has 2 aromatic carbocycles. The van der Waals surface area contributed by atoms with Crippen molar-refractivity contribution in [3.63, 3.8) is 0 Å². The molecule has 5 nitrogen and oxygen atoms in total. The van der Waals surface area contributed by atoms with E-state index in [0.29, 0.717) is 15.8 Å². The van der Waals surface area contributed by atoms with Gasteiger partial charge in [0.2, 0.25) is 5.91 Å². The van der Waals surface area contributed by atoms with E-state index in [4.69, 9.17) is 0 Å². The van der Waals surface area contributed by atoms with Gasteiger partial charge in [0.15, 0.2) is 0 Å². The first-order chi connectivity index (χ1) is 10.8. The fraction of sp³-hybridized carbons (Fsp3) is 0.133. The van der Waals surface area contributed by atoms with Crippen molar-refractivity contribution in [2.75, 3.05) is 16.3 Å². The van der Waals surface area contributed by atoms with Crippen LogP contribution in [0, 0.1) is 0 Å². The van der Waals surface area contributed by atoms with Gasteiger partial charge in [0.25, 0.3) is 10.0 Å². The minimum absolute atomic E-state index is 0.0785. The molecule has 0 bridgehead atoms. The second kappa shape index (κ2) is 7.37. The highest BCUT2D eigenvalue weighted by atomic mass is 79.9. The van der Waals surface area contributed by atoms with E-state index in [1.807, 2.05) is 6.26 Å². The maximum Gasteiger partial charge on any atom is 0.262 e. The van der Waals surface area contributed by atoms with Gasteiger partial charge in [0.1, 0.15) is 0 Å². The van der Waals surface area contributed by atoms with Gasteiger partial charge in [-0.3, -0.25) is 9.52 Å². The fourth-order valence-electron chi connectivity index (χ4n) is 1.89. The zero-order chi connectivity index (χ0) is 17.0. The largest absolute Gasteiger partial charge is 0.325 e. The molecule has 0 spiro atoms. The Kier molecular flexibility index (Phi) is 5.72. The third-order valence-corrected chi connectivity index (χ3v) is 5.76. The van der Waals surface area contributed by atoms with Crippen LogP contribution >= 0.6 is 27.7 Å². The number of hydrogen-bond donors (Lipinski definition) is 2. The van der Waals surface area contributed by atoms with Crippen molar-refractivity contribution < 1.29 is 13.2 Å². The number of halogens is 1. The van der Waals surface area contributed by atoms with Crippen LogP contribution in [0.15, 0.2) is 56.7 Å². The molecule has 2 aromatic rings. The Labute approximate surface area is 148 Å². The molecule has 0 radical (unpaired) electrons. The van der Waals surface area contributed by atoms with Crippen LogP contribution in [0.5, 0.6) is 0 Å². The molecule has 122 valence electrons. The predicted molar refractivity (Wildman–Crippen MR) is 97.5 cm³/mol. The van der Waals surface area contributed by atoms with Crippen molar-refractivity contribution in [2.45, 2.75) is 16.7 Å². The van der Waals surface area contributed by atoms with E-state index in [1.54, 1.807) is 30.3 Å². The molecule has 0 saturated heterocycles. The highest BCUT2D eigenvalue weighted by Crippen LogP contribution is 2.30. The van der Waals surface area contributed by atoms with Crippen LogP contribution in [0.4, 0.5) is 11.4 Å². The summed E-state index contributed by atoms with van der Waals surface area (Å²) in [4.78, 5) is 12.2. The number of para-hydroxylation sites is 1. The van der Waals surface area contributed by atoms with E-state index in [1.165, 1.54) is 30.8 Å². The molecule has 1 amide bonds. The van der Waals surface area contributed by atoms with Gasteiger partial charge in [-0.05, 0) is 52.5 Å². The zero-order valence-electron chi connectivity index (χ0n) is 12.5. The Balaban J connectivity index is 2.40. The SMILES string of the molecule is CSc1ccc(S(=O)(=O)Nc2ccccc2Br)cc1NC(C)=O.